The van der Waals surface area contributed by atoms with Crippen molar-refractivity contribution in [2.45, 2.75) is 51.6 Å². The third-order valence-corrected chi connectivity index (χ3v) is 3.39. The van der Waals surface area contributed by atoms with Gasteiger partial charge in [-0.1, -0.05) is 6.92 Å². The van der Waals surface area contributed by atoms with Gasteiger partial charge in [0.15, 0.2) is 0 Å². The number of imidazole rings is 1. The van der Waals surface area contributed by atoms with Crippen LogP contribution in [0, 0.1) is 5.92 Å². The molecule has 0 bridgehead atoms. The lowest BCUT2D eigenvalue weighted by atomic mass is 10.0. The molecule has 0 amide bonds. The van der Waals surface area contributed by atoms with E-state index in [0.717, 1.165) is 11.6 Å². The van der Waals surface area contributed by atoms with Gasteiger partial charge in [-0.15, -0.1) is 0 Å². The third kappa shape index (κ3) is 2.07. The smallest absolute Gasteiger partial charge is 0.0951 e. The first-order valence-electron chi connectivity index (χ1n) is 5.79. The molecule has 2 rings (SSSR count). The normalized spacial score (nSPS) is 27.2. The van der Waals surface area contributed by atoms with E-state index < -0.39 is 0 Å². The molecular weight excluding hydrogens is 186 g/mol. The first-order valence-corrected chi connectivity index (χ1v) is 5.79. The van der Waals surface area contributed by atoms with E-state index in [1.807, 2.05) is 26.4 Å². The lowest BCUT2D eigenvalue weighted by Crippen LogP contribution is -2.32. The van der Waals surface area contributed by atoms with Crippen LogP contribution >= 0.6 is 0 Å². The quantitative estimate of drug-likeness (QED) is 0.809. The highest BCUT2D eigenvalue weighted by Crippen LogP contribution is 2.36. The lowest BCUT2D eigenvalue weighted by molar-refractivity contribution is 0.427. The summed E-state index contributed by atoms with van der Waals surface area (Å²) in [6.07, 6.45) is 7.70. The molecule has 0 saturated heterocycles. The molecule has 3 nitrogen and oxygen atoms in total. The highest BCUT2D eigenvalue weighted by molar-refractivity contribution is 5.11. The Morgan fingerprint density at radius 3 is 2.73 bits per heavy atom. The first kappa shape index (κ1) is 10.7. The van der Waals surface area contributed by atoms with Gasteiger partial charge in [0.25, 0.3) is 0 Å². The number of hydrogen-bond donors (Lipinski definition) is 1. The number of hydrogen-bond acceptors (Lipinski definition) is 2. The van der Waals surface area contributed by atoms with Crippen LogP contribution in [0.4, 0.5) is 0 Å². The van der Waals surface area contributed by atoms with E-state index in [1.54, 1.807) is 0 Å². The van der Waals surface area contributed by atoms with Gasteiger partial charge in [-0.2, -0.15) is 0 Å². The van der Waals surface area contributed by atoms with Crippen LogP contribution in [0.1, 0.15) is 51.8 Å². The summed E-state index contributed by atoms with van der Waals surface area (Å²) in [4.78, 5) is 4.24. The second-order valence-corrected chi connectivity index (χ2v) is 5.48. The van der Waals surface area contributed by atoms with Crippen LogP contribution in [0.2, 0.25) is 0 Å². The zero-order valence-corrected chi connectivity index (χ0v) is 9.90. The van der Waals surface area contributed by atoms with Crippen molar-refractivity contribution in [3.63, 3.8) is 0 Å². The van der Waals surface area contributed by atoms with Crippen LogP contribution in [0.5, 0.6) is 0 Å². The fourth-order valence-corrected chi connectivity index (χ4v) is 2.52. The number of rotatable bonds is 2. The van der Waals surface area contributed by atoms with Crippen LogP contribution in [-0.4, -0.2) is 9.55 Å². The SMILES string of the molecule is CC1CCC(n2cncc2C(C)(C)N)C1. The highest BCUT2D eigenvalue weighted by Gasteiger charge is 2.27. The summed E-state index contributed by atoms with van der Waals surface area (Å²) in [5.41, 5.74) is 7.01. The zero-order chi connectivity index (χ0) is 11.1. The van der Waals surface area contributed by atoms with E-state index in [2.05, 4.69) is 16.5 Å². The van der Waals surface area contributed by atoms with Crippen molar-refractivity contribution >= 4 is 0 Å². The van der Waals surface area contributed by atoms with E-state index in [1.165, 1.54) is 19.3 Å². The average Bonchev–Trinajstić information content (AvgIpc) is 2.68. The second kappa shape index (κ2) is 3.63. The summed E-state index contributed by atoms with van der Waals surface area (Å²) in [6.45, 7) is 6.40. The molecule has 1 fully saturated rings. The molecule has 2 atom stereocenters. The van der Waals surface area contributed by atoms with Crippen molar-refractivity contribution in [3.8, 4) is 0 Å². The monoisotopic (exact) mass is 207 g/mol. The summed E-state index contributed by atoms with van der Waals surface area (Å²) >= 11 is 0. The minimum atomic E-state index is -0.289. The molecule has 84 valence electrons. The topological polar surface area (TPSA) is 43.8 Å². The molecule has 1 aromatic rings. The molecule has 0 aliphatic heterocycles. The standard InChI is InChI=1S/C12H21N3/c1-9-4-5-10(6-9)15-8-14-7-11(15)12(2,3)13/h7-10H,4-6,13H2,1-3H3. The Morgan fingerprint density at radius 1 is 1.47 bits per heavy atom. The van der Waals surface area contributed by atoms with Crippen molar-refractivity contribution in [3.05, 3.63) is 18.2 Å². The molecule has 2 unspecified atom stereocenters. The van der Waals surface area contributed by atoms with Gasteiger partial charge in [0.05, 0.1) is 17.6 Å². The van der Waals surface area contributed by atoms with E-state index in [9.17, 15) is 0 Å². The molecule has 0 spiro atoms. The van der Waals surface area contributed by atoms with Crippen molar-refractivity contribution in [1.29, 1.82) is 0 Å². The van der Waals surface area contributed by atoms with Gasteiger partial charge in [-0.05, 0) is 39.0 Å². The lowest BCUT2D eigenvalue weighted by Gasteiger charge is -2.24. The van der Waals surface area contributed by atoms with Crippen molar-refractivity contribution in [2.75, 3.05) is 0 Å². The van der Waals surface area contributed by atoms with Gasteiger partial charge < -0.3 is 10.3 Å². The van der Waals surface area contributed by atoms with Crippen LogP contribution in [0.25, 0.3) is 0 Å². The molecule has 1 saturated carbocycles. The molecule has 2 N–H and O–H groups in total. The third-order valence-electron chi connectivity index (χ3n) is 3.39. The van der Waals surface area contributed by atoms with Gasteiger partial charge in [0.2, 0.25) is 0 Å². The van der Waals surface area contributed by atoms with Gasteiger partial charge in [0.1, 0.15) is 0 Å². The Bertz CT molecular complexity index is 335. The predicted octanol–water partition coefficient (Wildman–Crippen LogP) is 2.44. The summed E-state index contributed by atoms with van der Waals surface area (Å²) in [6, 6.07) is 0.611. The maximum absolute atomic E-state index is 6.14. The van der Waals surface area contributed by atoms with E-state index in [0.29, 0.717) is 6.04 Å². The summed E-state index contributed by atoms with van der Waals surface area (Å²) in [7, 11) is 0. The van der Waals surface area contributed by atoms with Gasteiger partial charge in [0, 0.05) is 12.2 Å². The molecular formula is C12H21N3. The van der Waals surface area contributed by atoms with E-state index in [4.69, 9.17) is 5.73 Å². The van der Waals surface area contributed by atoms with Gasteiger partial charge >= 0.3 is 0 Å². The molecule has 0 radical (unpaired) electrons. The Hall–Kier alpha value is -0.830. The van der Waals surface area contributed by atoms with Gasteiger partial charge in [-0.25, -0.2) is 4.98 Å². The maximum Gasteiger partial charge on any atom is 0.0951 e. The minimum absolute atomic E-state index is 0.289. The predicted molar refractivity (Wildman–Crippen MR) is 61.5 cm³/mol. The second-order valence-electron chi connectivity index (χ2n) is 5.48. The minimum Gasteiger partial charge on any atom is -0.330 e. The van der Waals surface area contributed by atoms with E-state index >= 15 is 0 Å². The Kier molecular flexibility index (Phi) is 2.59. The van der Waals surface area contributed by atoms with Crippen LogP contribution in [0.3, 0.4) is 0 Å². The Labute approximate surface area is 91.7 Å². The Balaban J connectivity index is 2.25. The largest absolute Gasteiger partial charge is 0.330 e. The van der Waals surface area contributed by atoms with Crippen molar-refractivity contribution in [2.24, 2.45) is 11.7 Å². The molecule has 0 aromatic carbocycles. The van der Waals surface area contributed by atoms with Crippen molar-refractivity contribution in [1.82, 2.24) is 9.55 Å². The summed E-state index contributed by atoms with van der Waals surface area (Å²) < 4.78 is 2.28. The molecule has 1 aliphatic carbocycles. The average molecular weight is 207 g/mol. The Morgan fingerprint density at radius 2 is 2.20 bits per heavy atom. The fraction of sp³-hybridized carbons (Fsp3) is 0.750. The van der Waals surface area contributed by atoms with Crippen LogP contribution < -0.4 is 5.73 Å². The van der Waals surface area contributed by atoms with E-state index in [-0.39, 0.29) is 5.54 Å². The molecule has 3 heteroatoms. The number of nitrogens with two attached hydrogens (primary N) is 1. The number of aromatic nitrogens is 2. The summed E-state index contributed by atoms with van der Waals surface area (Å²) in [5, 5.41) is 0. The van der Waals surface area contributed by atoms with Crippen molar-refractivity contribution < 1.29 is 0 Å². The van der Waals surface area contributed by atoms with Gasteiger partial charge in [-0.3, -0.25) is 0 Å². The molecule has 1 aliphatic rings. The fourth-order valence-electron chi connectivity index (χ4n) is 2.52. The highest BCUT2D eigenvalue weighted by atomic mass is 15.1. The maximum atomic E-state index is 6.14. The first-order chi connectivity index (χ1) is 6.98. The molecule has 15 heavy (non-hydrogen) atoms. The zero-order valence-electron chi connectivity index (χ0n) is 9.90. The van der Waals surface area contributed by atoms with Crippen LogP contribution in [0.15, 0.2) is 12.5 Å². The molecule has 1 heterocycles. The number of nitrogens with zero attached hydrogens (tertiary/aromatic N) is 2. The summed E-state index contributed by atoms with van der Waals surface area (Å²) in [5.74, 6) is 0.839. The molecule has 1 aromatic heterocycles. The van der Waals surface area contributed by atoms with Crippen LogP contribution in [-0.2, 0) is 5.54 Å².